The molecule has 2 aliphatic rings. The largest absolute Gasteiger partial charge is 0.103 e. The molecular formula is C19H34. The molecule has 2 aliphatic carbocycles. The van der Waals surface area contributed by atoms with E-state index < -0.39 is 0 Å². The minimum atomic E-state index is 0. The second-order valence-electron chi connectivity index (χ2n) is 6.61. The molecule has 0 aromatic rings. The van der Waals surface area contributed by atoms with E-state index in [1.165, 1.54) is 64.2 Å². The van der Waals surface area contributed by atoms with Crippen molar-refractivity contribution in [1.82, 2.24) is 0 Å². The molecule has 19 heavy (non-hydrogen) atoms. The van der Waals surface area contributed by atoms with Crippen LogP contribution in [-0.2, 0) is 0 Å². The molecule has 0 radical (unpaired) electrons. The Morgan fingerprint density at radius 2 is 0.947 bits per heavy atom. The summed E-state index contributed by atoms with van der Waals surface area (Å²) >= 11 is 0. The maximum Gasteiger partial charge on any atom is -0.0325 e. The molecule has 0 heteroatoms. The quantitative estimate of drug-likeness (QED) is 0.504. The lowest BCUT2D eigenvalue weighted by Crippen LogP contribution is -2.25. The zero-order valence-electron chi connectivity index (χ0n) is 11.9. The molecule has 0 atom stereocenters. The maximum absolute atomic E-state index is 3.88. The standard InChI is InChI=1S/C18H30.CH4/c1-3-5-15-7-11-17(12-8-15)18-13-9-16(6-4-2)10-14-18;/h3-4,15-18H,1-2,5-14H2;1H4. The summed E-state index contributed by atoms with van der Waals surface area (Å²) in [5.74, 6) is 4.01. The van der Waals surface area contributed by atoms with Crippen LogP contribution in [0.1, 0.15) is 71.6 Å². The molecule has 0 saturated heterocycles. The van der Waals surface area contributed by atoms with E-state index in [2.05, 4.69) is 25.3 Å². The van der Waals surface area contributed by atoms with E-state index >= 15 is 0 Å². The van der Waals surface area contributed by atoms with E-state index in [-0.39, 0.29) is 7.43 Å². The number of rotatable bonds is 5. The van der Waals surface area contributed by atoms with Crippen molar-refractivity contribution in [2.24, 2.45) is 23.7 Å². The van der Waals surface area contributed by atoms with Gasteiger partial charge < -0.3 is 0 Å². The molecule has 2 saturated carbocycles. The molecular weight excluding hydrogens is 228 g/mol. The Morgan fingerprint density at radius 3 is 1.21 bits per heavy atom. The van der Waals surface area contributed by atoms with Crippen LogP contribution >= 0.6 is 0 Å². The Labute approximate surface area is 121 Å². The molecule has 0 heterocycles. The Kier molecular flexibility index (Phi) is 7.49. The van der Waals surface area contributed by atoms with E-state index in [0.29, 0.717) is 0 Å². The monoisotopic (exact) mass is 262 g/mol. The van der Waals surface area contributed by atoms with Crippen LogP contribution in [0.2, 0.25) is 0 Å². The molecule has 0 nitrogen and oxygen atoms in total. The summed E-state index contributed by atoms with van der Waals surface area (Å²) in [5, 5.41) is 0. The van der Waals surface area contributed by atoms with E-state index in [9.17, 15) is 0 Å². The Morgan fingerprint density at radius 1 is 0.632 bits per heavy atom. The summed E-state index contributed by atoms with van der Waals surface area (Å²) in [6.07, 6.45) is 18.6. The third-order valence-corrected chi connectivity index (χ3v) is 5.45. The summed E-state index contributed by atoms with van der Waals surface area (Å²) in [4.78, 5) is 0. The van der Waals surface area contributed by atoms with Gasteiger partial charge in [-0.3, -0.25) is 0 Å². The first-order chi connectivity index (χ1) is 8.83. The van der Waals surface area contributed by atoms with Gasteiger partial charge in [-0.2, -0.15) is 0 Å². The van der Waals surface area contributed by atoms with E-state index in [4.69, 9.17) is 0 Å². The second-order valence-corrected chi connectivity index (χ2v) is 6.61. The molecule has 0 N–H and O–H groups in total. The van der Waals surface area contributed by atoms with Crippen molar-refractivity contribution in [3.8, 4) is 0 Å². The second kappa shape index (κ2) is 8.61. The minimum absolute atomic E-state index is 0. The van der Waals surface area contributed by atoms with Gasteiger partial charge in [-0.1, -0.05) is 19.6 Å². The van der Waals surface area contributed by atoms with Crippen LogP contribution in [-0.4, -0.2) is 0 Å². The third-order valence-electron chi connectivity index (χ3n) is 5.45. The van der Waals surface area contributed by atoms with Crippen LogP contribution in [0.3, 0.4) is 0 Å². The number of allylic oxidation sites excluding steroid dienone is 2. The van der Waals surface area contributed by atoms with Gasteiger partial charge >= 0.3 is 0 Å². The van der Waals surface area contributed by atoms with Gasteiger partial charge in [-0.05, 0) is 87.9 Å². The van der Waals surface area contributed by atoms with Gasteiger partial charge in [0.15, 0.2) is 0 Å². The average Bonchev–Trinajstić information content (AvgIpc) is 2.41. The van der Waals surface area contributed by atoms with E-state index in [1.807, 2.05) is 0 Å². The molecule has 110 valence electrons. The van der Waals surface area contributed by atoms with Gasteiger partial charge in [0, 0.05) is 0 Å². The molecule has 0 aliphatic heterocycles. The van der Waals surface area contributed by atoms with Crippen LogP contribution in [0.15, 0.2) is 25.3 Å². The SMILES string of the molecule is C.C=CCC1CCC(C2CCC(CC=C)CC2)CC1. The first-order valence-corrected chi connectivity index (χ1v) is 8.05. The predicted octanol–water partition coefficient (Wildman–Crippen LogP) is 6.39. The molecule has 0 unspecified atom stereocenters. The summed E-state index contributed by atoms with van der Waals surface area (Å²) in [5.41, 5.74) is 0. The van der Waals surface area contributed by atoms with Crippen molar-refractivity contribution >= 4 is 0 Å². The smallest absolute Gasteiger partial charge is 0.0325 e. The van der Waals surface area contributed by atoms with Crippen molar-refractivity contribution in [2.75, 3.05) is 0 Å². The number of hydrogen-bond acceptors (Lipinski definition) is 0. The highest BCUT2D eigenvalue weighted by Crippen LogP contribution is 2.42. The van der Waals surface area contributed by atoms with Gasteiger partial charge in [0.1, 0.15) is 0 Å². The fourth-order valence-electron chi connectivity index (χ4n) is 4.26. The fraction of sp³-hybridized carbons (Fsp3) is 0.789. The predicted molar refractivity (Wildman–Crippen MR) is 87.3 cm³/mol. The Balaban J connectivity index is 0.00000180. The van der Waals surface area contributed by atoms with Crippen LogP contribution in [0.25, 0.3) is 0 Å². The maximum atomic E-state index is 3.88. The first-order valence-electron chi connectivity index (χ1n) is 8.05. The molecule has 0 amide bonds. The third kappa shape index (κ3) is 4.82. The lowest BCUT2D eigenvalue weighted by Gasteiger charge is -2.37. The van der Waals surface area contributed by atoms with Gasteiger partial charge in [0.05, 0.1) is 0 Å². The Bertz CT molecular complexity index is 221. The summed E-state index contributed by atoms with van der Waals surface area (Å²) in [6, 6.07) is 0. The summed E-state index contributed by atoms with van der Waals surface area (Å²) in [6.45, 7) is 7.76. The molecule has 2 fully saturated rings. The van der Waals surface area contributed by atoms with Crippen LogP contribution in [0, 0.1) is 23.7 Å². The van der Waals surface area contributed by atoms with Gasteiger partial charge in [-0.25, -0.2) is 0 Å². The highest BCUT2D eigenvalue weighted by molar-refractivity contribution is 4.85. The van der Waals surface area contributed by atoms with Gasteiger partial charge in [-0.15, -0.1) is 13.2 Å². The summed E-state index contributed by atoms with van der Waals surface area (Å²) < 4.78 is 0. The number of hydrogen-bond donors (Lipinski definition) is 0. The van der Waals surface area contributed by atoms with E-state index in [0.717, 1.165) is 23.7 Å². The molecule has 0 aromatic heterocycles. The van der Waals surface area contributed by atoms with Crippen molar-refractivity contribution in [3.63, 3.8) is 0 Å². The zero-order valence-corrected chi connectivity index (χ0v) is 11.9. The van der Waals surface area contributed by atoms with Crippen molar-refractivity contribution in [1.29, 1.82) is 0 Å². The van der Waals surface area contributed by atoms with Crippen LogP contribution in [0.5, 0.6) is 0 Å². The fourth-order valence-corrected chi connectivity index (χ4v) is 4.26. The molecule has 0 aromatic carbocycles. The topological polar surface area (TPSA) is 0 Å². The minimum Gasteiger partial charge on any atom is -0.103 e. The van der Waals surface area contributed by atoms with Crippen molar-refractivity contribution in [3.05, 3.63) is 25.3 Å². The zero-order chi connectivity index (χ0) is 12.8. The average molecular weight is 262 g/mol. The molecule has 0 spiro atoms. The first kappa shape index (κ1) is 16.5. The van der Waals surface area contributed by atoms with Crippen molar-refractivity contribution < 1.29 is 0 Å². The Hall–Kier alpha value is -0.520. The molecule has 2 rings (SSSR count). The van der Waals surface area contributed by atoms with Gasteiger partial charge in [0.25, 0.3) is 0 Å². The highest BCUT2D eigenvalue weighted by atomic mass is 14.4. The lowest BCUT2D eigenvalue weighted by atomic mass is 9.68. The van der Waals surface area contributed by atoms with Gasteiger partial charge in [0.2, 0.25) is 0 Å². The lowest BCUT2D eigenvalue weighted by molar-refractivity contribution is 0.147. The highest BCUT2D eigenvalue weighted by Gasteiger charge is 2.30. The normalized spacial score (nSPS) is 35.2. The molecule has 0 bridgehead atoms. The van der Waals surface area contributed by atoms with Crippen LogP contribution < -0.4 is 0 Å². The van der Waals surface area contributed by atoms with Crippen LogP contribution in [0.4, 0.5) is 0 Å². The van der Waals surface area contributed by atoms with Crippen molar-refractivity contribution in [2.45, 2.75) is 71.6 Å². The summed E-state index contributed by atoms with van der Waals surface area (Å²) in [7, 11) is 0. The van der Waals surface area contributed by atoms with E-state index in [1.54, 1.807) is 0 Å².